The Hall–Kier alpha value is -2.25. The molecule has 0 aliphatic rings. The van der Waals surface area contributed by atoms with E-state index in [1.165, 1.54) is 41.7 Å². The van der Waals surface area contributed by atoms with E-state index in [-0.39, 0.29) is 17.3 Å². The number of halogens is 1. The standard InChI is InChI=1S/C19H22FNO4S/c1-5-21(14(3)15-6-9-17(20)10-7-15)26(23,24)18-11-8-16(12-13(18)2)19(22)25-4/h6-12,14H,5H2,1-4H3. The van der Waals surface area contributed by atoms with Crippen molar-refractivity contribution in [2.75, 3.05) is 13.7 Å². The summed E-state index contributed by atoms with van der Waals surface area (Å²) in [4.78, 5) is 11.8. The summed E-state index contributed by atoms with van der Waals surface area (Å²) < 4.78 is 45.5. The van der Waals surface area contributed by atoms with E-state index >= 15 is 0 Å². The first kappa shape index (κ1) is 20.1. The number of hydrogen-bond donors (Lipinski definition) is 0. The Bertz CT molecular complexity index is 894. The van der Waals surface area contributed by atoms with Gasteiger partial charge in [0, 0.05) is 12.6 Å². The molecule has 26 heavy (non-hydrogen) atoms. The van der Waals surface area contributed by atoms with Gasteiger partial charge in [-0.15, -0.1) is 0 Å². The van der Waals surface area contributed by atoms with Gasteiger partial charge in [-0.1, -0.05) is 19.1 Å². The summed E-state index contributed by atoms with van der Waals surface area (Å²) in [5.41, 5.74) is 1.44. The van der Waals surface area contributed by atoms with E-state index in [4.69, 9.17) is 0 Å². The number of ether oxygens (including phenoxy) is 1. The maximum Gasteiger partial charge on any atom is 0.337 e. The zero-order chi connectivity index (χ0) is 19.5. The fraction of sp³-hybridized carbons (Fsp3) is 0.316. The van der Waals surface area contributed by atoms with Crippen LogP contribution in [0.4, 0.5) is 4.39 Å². The minimum Gasteiger partial charge on any atom is -0.465 e. The maximum atomic E-state index is 13.2. The fourth-order valence-corrected chi connectivity index (χ4v) is 4.71. The molecule has 140 valence electrons. The van der Waals surface area contributed by atoms with E-state index in [1.807, 2.05) is 0 Å². The molecule has 0 heterocycles. The molecule has 0 N–H and O–H groups in total. The Balaban J connectivity index is 2.43. The van der Waals surface area contributed by atoms with Crippen LogP contribution in [-0.2, 0) is 14.8 Å². The minimum absolute atomic E-state index is 0.126. The number of benzene rings is 2. The van der Waals surface area contributed by atoms with Crippen LogP contribution in [-0.4, -0.2) is 32.3 Å². The molecule has 0 aromatic heterocycles. The first-order valence-electron chi connectivity index (χ1n) is 8.18. The number of nitrogens with zero attached hydrogens (tertiary/aromatic N) is 1. The van der Waals surface area contributed by atoms with Gasteiger partial charge in [-0.2, -0.15) is 4.31 Å². The van der Waals surface area contributed by atoms with E-state index in [1.54, 1.807) is 32.9 Å². The Kier molecular flexibility index (Phi) is 6.15. The smallest absolute Gasteiger partial charge is 0.337 e. The second-order valence-corrected chi connectivity index (χ2v) is 7.77. The largest absolute Gasteiger partial charge is 0.465 e. The number of hydrogen-bond acceptors (Lipinski definition) is 4. The van der Waals surface area contributed by atoms with Crippen molar-refractivity contribution in [3.05, 3.63) is 65.0 Å². The van der Waals surface area contributed by atoms with E-state index in [9.17, 15) is 17.6 Å². The number of rotatable bonds is 6. The molecule has 5 nitrogen and oxygen atoms in total. The number of aryl methyl sites for hydroxylation is 1. The van der Waals surface area contributed by atoms with Crippen LogP contribution in [0.2, 0.25) is 0 Å². The van der Waals surface area contributed by atoms with Crippen molar-refractivity contribution in [2.45, 2.75) is 31.7 Å². The van der Waals surface area contributed by atoms with Crippen LogP contribution < -0.4 is 0 Å². The highest BCUT2D eigenvalue weighted by Crippen LogP contribution is 2.29. The van der Waals surface area contributed by atoms with Gasteiger partial charge in [0.05, 0.1) is 17.6 Å². The van der Waals surface area contributed by atoms with Gasteiger partial charge in [-0.3, -0.25) is 0 Å². The van der Waals surface area contributed by atoms with Crippen LogP contribution in [0.25, 0.3) is 0 Å². The molecule has 1 unspecified atom stereocenters. The second-order valence-electron chi connectivity index (χ2n) is 5.91. The lowest BCUT2D eigenvalue weighted by Gasteiger charge is -2.28. The Labute approximate surface area is 153 Å². The third-order valence-electron chi connectivity index (χ3n) is 4.28. The Morgan fingerprint density at radius 3 is 2.31 bits per heavy atom. The Morgan fingerprint density at radius 2 is 1.81 bits per heavy atom. The summed E-state index contributed by atoms with van der Waals surface area (Å²) >= 11 is 0. The normalized spacial score (nSPS) is 12.8. The van der Waals surface area contributed by atoms with Crippen LogP contribution in [0, 0.1) is 12.7 Å². The number of esters is 1. The quantitative estimate of drug-likeness (QED) is 0.718. The fourth-order valence-electron chi connectivity index (χ4n) is 2.87. The molecular formula is C19H22FNO4S. The molecule has 0 saturated carbocycles. The van der Waals surface area contributed by atoms with Crippen LogP contribution in [0.3, 0.4) is 0 Å². The van der Waals surface area contributed by atoms with Crippen molar-refractivity contribution >= 4 is 16.0 Å². The van der Waals surface area contributed by atoms with Gasteiger partial charge in [0.15, 0.2) is 0 Å². The predicted octanol–water partition coefficient (Wildman–Crippen LogP) is 3.69. The van der Waals surface area contributed by atoms with Crippen LogP contribution in [0.5, 0.6) is 0 Å². The average Bonchev–Trinajstić information content (AvgIpc) is 2.61. The summed E-state index contributed by atoms with van der Waals surface area (Å²) in [5, 5.41) is 0. The van der Waals surface area contributed by atoms with Gasteiger partial charge < -0.3 is 4.74 Å². The summed E-state index contributed by atoms with van der Waals surface area (Å²) in [6.07, 6.45) is 0. The zero-order valence-corrected chi connectivity index (χ0v) is 16.0. The van der Waals surface area contributed by atoms with E-state index in [0.29, 0.717) is 16.7 Å². The van der Waals surface area contributed by atoms with Crippen molar-refractivity contribution in [1.29, 1.82) is 0 Å². The van der Waals surface area contributed by atoms with Gasteiger partial charge in [0.2, 0.25) is 10.0 Å². The summed E-state index contributed by atoms with van der Waals surface area (Å²) in [6, 6.07) is 9.64. The Morgan fingerprint density at radius 1 is 1.19 bits per heavy atom. The van der Waals surface area contributed by atoms with Gasteiger partial charge in [0.25, 0.3) is 0 Å². The zero-order valence-electron chi connectivity index (χ0n) is 15.2. The van der Waals surface area contributed by atoms with Crippen molar-refractivity contribution < 1.29 is 22.3 Å². The molecule has 1 atom stereocenters. The maximum absolute atomic E-state index is 13.2. The van der Waals surface area contributed by atoms with Gasteiger partial charge >= 0.3 is 5.97 Å². The third-order valence-corrected chi connectivity index (χ3v) is 6.48. The second kappa shape index (κ2) is 7.97. The molecular weight excluding hydrogens is 357 g/mol. The molecule has 0 bridgehead atoms. The summed E-state index contributed by atoms with van der Waals surface area (Å²) in [7, 11) is -2.53. The minimum atomic E-state index is -3.80. The molecule has 0 amide bonds. The average molecular weight is 379 g/mol. The first-order chi connectivity index (χ1) is 12.2. The van der Waals surface area contributed by atoms with E-state index in [2.05, 4.69) is 4.74 Å². The van der Waals surface area contributed by atoms with Gasteiger partial charge in [-0.25, -0.2) is 17.6 Å². The molecule has 7 heteroatoms. The number of sulfonamides is 1. The number of methoxy groups -OCH3 is 1. The molecule has 0 saturated heterocycles. The van der Waals surface area contributed by atoms with Crippen LogP contribution in [0.15, 0.2) is 47.4 Å². The van der Waals surface area contributed by atoms with Crippen molar-refractivity contribution in [1.82, 2.24) is 4.31 Å². The topological polar surface area (TPSA) is 63.7 Å². The number of carbonyl (C=O) groups excluding carboxylic acids is 1. The molecule has 0 fully saturated rings. The molecule has 0 spiro atoms. The summed E-state index contributed by atoms with van der Waals surface area (Å²) in [6.45, 7) is 5.39. The van der Waals surface area contributed by atoms with Gasteiger partial charge in [-0.05, 0) is 55.3 Å². The molecule has 2 rings (SSSR count). The number of carbonyl (C=O) groups is 1. The lowest BCUT2D eigenvalue weighted by atomic mass is 10.1. The summed E-state index contributed by atoms with van der Waals surface area (Å²) in [5.74, 6) is -0.898. The third kappa shape index (κ3) is 3.94. The molecule has 2 aromatic rings. The lowest BCUT2D eigenvalue weighted by molar-refractivity contribution is 0.0600. The van der Waals surface area contributed by atoms with E-state index in [0.717, 1.165) is 0 Å². The molecule has 0 radical (unpaired) electrons. The highest BCUT2D eigenvalue weighted by atomic mass is 32.2. The van der Waals surface area contributed by atoms with Crippen LogP contribution in [0.1, 0.15) is 41.4 Å². The van der Waals surface area contributed by atoms with Crippen LogP contribution >= 0.6 is 0 Å². The first-order valence-corrected chi connectivity index (χ1v) is 9.62. The molecule has 0 aliphatic heterocycles. The van der Waals surface area contributed by atoms with Crippen molar-refractivity contribution in [3.63, 3.8) is 0 Å². The lowest BCUT2D eigenvalue weighted by Crippen LogP contribution is -2.34. The molecule has 0 aliphatic carbocycles. The SMILES string of the molecule is CCN(C(C)c1ccc(F)cc1)S(=O)(=O)c1ccc(C(=O)OC)cc1C. The molecule has 2 aromatic carbocycles. The van der Waals surface area contributed by atoms with Crippen molar-refractivity contribution in [3.8, 4) is 0 Å². The predicted molar refractivity (Wildman–Crippen MR) is 96.9 cm³/mol. The highest BCUT2D eigenvalue weighted by Gasteiger charge is 2.30. The highest BCUT2D eigenvalue weighted by molar-refractivity contribution is 7.89. The van der Waals surface area contributed by atoms with Gasteiger partial charge in [0.1, 0.15) is 5.82 Å². The van der Waals surface area contributed by atoms with E-state index < -0.39 is 22.0 Å². The monoisotopic (exact) mass is 379 g/mol. The van der Waals surface area contributed by atoms with Crippen molar-refractivity contribution in [2.24, 2.45) is 0 Å².